The van der Waals surface area contributed by atoms with Crippen molar-refractivity contribution in [1.82, 2.24) is 0 Å². The molecular formula is C15H18O2. The van der Waals surface area contributed by atoms with Crippen LogP contribution in [-0.2, 0) is 9.47 Å². The fourth-order valence-electron chi connectivity index (χ4n) is 2.67. The maximum absolute atomic E-state index is 5.72. The molecule has 0 N–H and O–H groups in total. The average Bonchev–Trinajstić information content (AvgIpc) is 2.79. The van der Waals surface area contributed by atoms with Crippen LogP contribution in [0.15, 0.2) is 30.3 Å². The summed E-state index contributed by atoms with van der Waals surface area (Å²) in [6.45, 7) is 3.62. The molecule has 0 bridgehead atoms. The van der Waals surface area contributed by atoms with Gasteiger partial charge in [-0.3, -0.25) is 0 Å². The van der Waals surface area contributed by atoms with E-state index >= 15 is 0 Å². The molecule has 17 heavy (non-hydrogen) atoms. The summed E-state index contributed by atoms with van der Waals surface area (Å²) < 4.78 is 11.4. The third-order valence-electron chi connectivity index (χ3n) is 3.64. The van der Waals surface area contributed by atoms with Gasteiger partial charge < -0.3 is 9.47 Å². The zero-order chi connectivity index (χ0) is 11.7. The first-order valence-corrected chi connectivity index (χ1v) is 6.31. The van der Waals surface area contributed by atoms with Gasteiger partial charge in [0.1, 0.15) is 0 Å². The van der Waals surface area contributed by atoms with Crippen LogP contribution in [0, 0.1) is 6.92 Å². The lowest BCUT2D eigenvalue weighted by Crippen LogP contribution is -2.31. The maximum Gasteiger partial charge on any atom is 0.172 e. The number of ether oxygens (including phenoxy) is 2. The smallest absolute Gasteiger partial charge is 0.172 e. The van der Waals surface area contributed by atoms with E-state index in [1.807, 2.05) is 0 Å². The number of allylic oxidation sites excluding steroid dienone is 1. The molecule has 2 heteroatoms. The molecular weight excluding hydrogens is 212 g/mol. The van der Waals surface area contributed by atoms with Gasteiger partial charge in [0.05, 0.1) is 13.2 Å². The molecule has 1 aromatic rings. The van der Waals surface area contributed by atoms with Crippen molar-refractivity contribution in [2.45, 2.75) is 32.0 Å². The molecule has 0 saturated carbocycles. The highest BCUT2D eigenvalue weighted by Crippen LogP contribution is 2.38. The van der Waals surface area contributed by atoms with Crippen molar-refractivity contribution in [1.29, 1.82) is 0 Å². The minimum atomic E-state index is -0.298. The van der Waals surface area contributed by atoms with Gasteiger partial charge in [-0.25, -0.2) is 0 Å². The summed E-state index contributed by atoms with van der Waals surface area (Å²) in [5.74, 6) is -0.298. The highest BCUT2D eigenvalue weighted by molar-refractivity contribution is 5.67. The Hall–Kier alpha value is -1.12. The number of aryl methyl sites for hydroxylation is 1. The van der Waals surface area contributed by atoms with Gasteiger partial charge in [0.2, 0.25) is 0 Å². The van der Waals surface area contributed by atoms with E-state index in [0.29, 0.717) is 0 Å². The second-order valence-corrected chi connectivity index (χ2v) is 4.91. The summed E-state index contributed by atoms with van der Waals surface area (Å²) >= 11 is 0. The zero-order valence-corrected chi connectivity index (χ0v) is 10.2. The van der Waals surface area contributed by atoms with Crippen molar-refractivity contribution < 1.29 is 9.47 Å². The molecule has 1 fully saturated rings. The van der Waals surface area contributed by atoms with Crippen LogP contribution < -0.4 is 0 Å². The second kappa shape index (κ2) is 4.28. The number of hydrogen-bond donors (Lipinski definition) is 0. The van der Waals surface area contributed by atoms with Crippen LogP contribution in [-0.4, -0.2) is 19.0 Å². The zero-order valence-electron chi connectivity index (χ0n) is 10.2. The first-order chi connectivity index (χ1) is 8.27. The predicted molar refractivity (Wildman–Crippen MR) is 67.6 cm³/mol. The van der Waals surface area contributed by atoms with Crippen molar-refractivity contribution in [2.24, 2.45) is 0 Å². The molecule has 0 aromatic heterocycles. The number of benzene rings is 1. The van der Waals surface area contributed by atoms with Gasteiger partial charge in [-0.15, -0.1) is 0 Å². The largest absolute Gasteiger partial charge is 0.347 e. The summed E-state index contributed by atoms with van der Waals surface area (Å²) in [5.41, 5.74) is 4.09. The molecule has 0 unspecified atom stereocenters. The number of hydrogen-bond acceptors (Lipinski definition) is 2. The van der Waals surface area contributed by atoms with Crippen molar-refractivity contribution in [3.8, 4) is 0 Å². The third-order valence-corrected chi connectivity index (χ3v) is 3.64. The molecule has 1 aliphatic carbocycles. The molecule has 90 valence electrons. The van der Waals surface area contributed by atoms with Gasteiger partial charge in [-0.2, -0.15) is 0 Å². The Morgan fingerprint density at radius 3 is 2.65 bits per heavy atom. The van der Waals surface area contributed by atoms with E-state index in [0.717, 1.165) is 32.5 Å². The van der Waals surface area contributed by atoms with E-state index in [9.17, 15) is 0 Å². The van der Waals surface area contributed by atoms with Crippen molar-refractivity contribution in [3.05, 3.63) is 41.5 Å². The average molecular weight is 230 g/mol. The van der Waals surface area contributed by atoms with E-state index in [1.165, 1.54) is 16.7 Å². The fourth-order valence-corrected chi connectivity index (χ4v) is 2.67. The lowest BCUT2D eigenvalue weighted by molar-refractivity contribution is -0.159. The molecule has 2 nitrogen and oxygen atoms in total. The molecule has 3 rings (SSSR count). The minimum Gasteiger partial charge on any atom is -0.347 e. The van der Waals surface area contributed by atoms with E-state index in [2.05, 4.69) is 37.3 Å². The lowest BCUT2D eigenvalue weighted by Gasteiger charge is -2.30. The molecule has 1 aromatic carbocycles. The van der Waals surface area contributed by atoms with Crippen LogP contribution in [0.25, 0.3) is 5.57 Å². The highest BCUT2D eigenvalue weighted by atomic mass is 16.7. The molecule has 2 aliphatic rings. The van der Waals surface area contributed by atoms with Crippen LogP contribution in [0.1, 0.15) is 30.4 Å². The molecule has 1 heterocycles. The Kier molecular flexibility index (Phi) is 2.77. The molecule has 0 atom stereocenters. The lowest BCUT2D eigenvalue weighted by atomic mass is 9.89. The van der Waals surface area contributed by atoms with Gasteiger partial charge in [-0.1, -0.05) is 35.9 Å². The topological polar surface area (TPSA) is 18.5 Å². The van der Waals surface area contributed by atoms with Crippen molar-refractivity contribution >= 4 is 5.57 Å². The molecule has 1 spiro atoms. The van der Waals surface area contributed by atoms with Crippen molar-refractivity contribution in [2.75, 3.05) is 13.2 Å². The predicted octanol–water partition coefficient (Wildman–Crippen LogP) is 3.31. The van der Waals surface area contributed by atoms with Crippen LogP contribution in [0.5, 0.6) is 0 Å². The summed E-state index contributed by atoms with van der Waals surface area (Å²) in [4.78, 5) is 0. The van der Waals surface area contributed by atoms with Crippen LogP contribution in [0.2, 0.25) is 0 Å². The Labute approximate surface area is 102 Å². The number of rotatable bonds is 1. The Morgan fingerprint density at radius 2 is 2.00 bits per heavy atom. The summed E-state index contributed by atoms with van der Waals surface area (Å²) in [6, 6.07) is 8.70. The molecule has 1 aliphatic heterocycles. The standard InChI is InChI=1S/C15H18O2/c1-12-3-2-4-14(11-12)13-5-7-15(8-6-13)16-9-10-17-15/h2-5,11H,6-10H2,1H3. The molecule has 1 saturated heterocycles. The van der Waals surface area contributed by atoms with Gasteiger partial charge in [0.15, 0.2) is 5.79 Å². The highest BCUT2D eigenvalue weighted by Gasteiger charge is 2.37. The first-order valence-electron chi connectivity index (χ1n) is 6.31. The summed E-state index contributed by atoms with van der Waals surface area (Å²) in [6.07, 6.45) is 5.19. The van der Waals surface area contributed by atoms with E-state index in [4.69, 9.17) is 9.47 Å². The summed E-state index contributed by atoms with van der Waals surface area (Å²) in [5, 5.41) is 0. The van der Waals surface area contributed by atoms with Crippen molar-refractivity contribution in [3.63, 3.8) is 0 Å². The fraction of sp³-hybridized carbons (Fsp3) is 0.467. The molecule has 0 radical (unpaired) electrons. The minimum absolute atomic E-state index is 0.298. The van der Waals surface area contributed by atoms with Crippen LogP contribution >= 0.6 is 0 Å². The Morgan fingerprint density at radius 1 is 1.18 bits per heavy atom. The van der Waals surface area contributed by atoms with Gasteiger partial charge in [-0.05, 0) is 24.5 Å². The second-order valence-electron chi connectivity index (χ2n) is 4.91. The van der Waals surface area contributed by atoms with Gasteiger partial charge >= 0.3 is 0 Å². The van der Waals surface area contributed by atoms with E-state index in [-0.39, 0.29) is 5.79 Å². The van der Waals surface area contributed by atoms with Gasteiger partial charge in [0, 0.05) is 12.8 Å². The molecule has 0 amide bonds. The Balaban J connectivity index is 1.80. The van der Waals surface area contributed by atoms with E-state index < -0.39 is 0 Å². The van der Waals surface area contributed by atoms with Crippen LogP contribution in [0.4, 0.5) is 0 Å². The normalized spacial score (nSPS) is 22.8. The quantitative estimate of drug-likeness (QED) is 0.737. The SMILES string of the molecule is Cc1cccc(C2=CCC3(CC2)OCCO3)c1. The first kappa shape index (κ1) is 11.0. The summed E-state index contributed by atoms with van der Waals surface area (Å²) in [7, 11) is 0. The third kappa shape index (κ3) is 2.15. The van der Waals surface area contributed by atoms with Crippen LogP contribution in [0.3, 0.4) is 0 Å². The monoisotopic (exact) mass is 230 g/mol. The Bertz CT molecular complexity index is 442. The maximum atomic E-state index is 5.72. The van der Waals surface area contributed by atoms with E-state index in [1.54, 1.807) is 0 Å². The van der Waals surface area contributed by atoms with Gasteiger partial charge in [0.25, 0.3) is 0 Å².